The summed E-state index contributed by atoms with van der Waals surface area (Å²) in [6, 6.07) is 6.72. The first kappa shape index (κ1) is 13.8. The van der Waals surface area contributed by atoms with Crippen molar-refractivity contribution in [2.24, 2.45) is 0 Å². The second kappa shape index (κ2) is 6.49. The summed E-state index contributed by atoms with van der Waals surface area (Å²) in [5.41, 5.74) is 0.0864. The molecule has 1 aromatic carbocycles. The minimum Gasteiger partial charge on any atom is -0.492 e. The van der Waals surface area contributed by atoms with Crippen molar-refractivity contribution in [3.8, 4) is 5.75 Å². The van der Waals surface area contributed by atoms with E-state index < -0.39 is 4.92 Å². The van der Waals surface area contributed by atoms with Gasteiger partial charge in [-0.2, -0.15) is 0 Å². The summed E-state index contributed by atoms with van der Waals surface area (Å²) in [5, 5.41) is 13.9. The highest BCUT2D eigenvalue weighted by atomic mass is 16.6. The zero-order chi connectivity index (χ0) is 13.7. The molecule has 0 bridgehead atoms. The van der Waals surface area contributed by atoms with E-state index in [1.165, 1.54) is 12.1 Å². The van der Waals surface area contributed by atoms with Gasteiger partial charge in [-0.25, -0.2) is 0 Å². The van der Waals surface area contributed by atoms with Gasteiger partial charge in [-0.15, -0.1) is 0 Å². The molecule has 1 aromatic rings. The van der Waals surface area contributed by atoms with Crippen molar-refractivity contribution in [3.63, 3.8) is 0 Å². The van der Waals surface area contributed by atoms with E-state index in [4.69, 9.17) is 4.74 Å². The Kier molecular flexibility index (Phi) is 4.70. The highest BCUT2D eigenvalue weighted by molar-refractivity contribution is 5.35. The van der Waals surface area contributed by atoms with Gasteiger partial charge in [0.1, 0.15) is 12.4 Å². The number of nitrogens with zero attached hydrogens (tertiary/aromatic N) is 2. The van der Waals surface area contributed by atoms with Gasteiger partial charge in [-0.05, 0) is 19.1 Å². The summed E-state index contributed by atoms with van der Waals surface area (Å²) in [5.74, 6) is 0.675. The average Bonchev–Trinajstić information content (AvgIpc) is 2.39. The van der Waals surface area contributed by atoms with Crippen molar-refractivity contribution in [2.45, 2.75) is 13.0 Å². The Balaban J connectivity index is 1.74. The number of nitrogens with one attached hydrogen (secondary N) is 1. The van der Waals surface area contributed by atoms with Gasteiger partial charge in [0.25, 0.3) is 5.69 Å². The van der Waals surface area contributed by atoms with Gasteiger partial charge < -0.3 is 10.1 Å². The fourth-order valence-corrected chi connectivity index (χ4v) is 2.17. The summed E-state index contributed by atoms with van der Waals surface area (Å²) in [6.07, 6.45) is 0. The van der Waals surface area contributed by atoms with Gasteiger partial charge in [0.15, 0.2) is 0 Å². The van der Waals surface area contributed by atoms with Gasteiger partial charge in [-0.1, -0.05) is 0 Å². The van der Waals surface area contributed by atoms with Crippen molar-refractivity contribution < 1.29 is 9.66 Å². The zero-order valence-electron chi connectivity index (χ0n) is 11.0. The molecular weight excluding hydrogens is 246 g/mol. The molecule has 0 spiro atoms. The Morgan fingerprint density at radius 3 is 2.84 bits per heavy atom. The lowest BCUT2D eigenvalue weighted by Gasteiger charge is -2.31. The molecule has 0 aliphatic carbocycles. The van der Waals surface area contributed by atoms with E-state index in [1.54, 1.807) is 12.1 Å². The molecule has 1 N–H and O–H groups in total. The van der Waals surface area contributed by atoms with Crippen LogP contribution in [0.25, 0.3) is 0 Å². The molecule has 6 nitrogen and oxygen atoms in total. The summed E-state index contributed by atoms with van der Waals surface area (Å²) in [6.45, 7) is 6.73. The summed E-state index contributed by atoms with van der Waals surface area (Å²) >= 11 is 0. The predicted octanol–water partition coefficient (Wildman–Crippen LogP) is 1.27. The van der Waals surface area contributed by atoms with Crippen LogP contribution >= 0.6 is 0 Å². The molecule has 2 rings (SSSR count). The lowest BCUT2D eigenvalue weighted by Crippen LogP contribution is -2.50. The van der Waals surface area contributed by atoms with Crippen LogP contribution in [0, 0.1) is 10.1 Å². The maximum atomic E-state index is 10.5. The van der Waals surface area contributed by atoms with Crippen LogP contribution < -0.4 is 10.1 Å². The fourth-order valence-electron chi connectivity index (χ4n) is 2.17. The second-order valence-corrected chi connectivity index (χ2v) is 4.76. The third-order valence-corrected chi connectivity index (χ3v) is 3.18. The van der Waals surface area contributed by atoms with E-state index >= 15 is 0 Å². The number of nitro benzene ring substituents is 1. The van der Waals surface area contributed by atoms with E-state index in [9.17, 15) is 10.1 Å². The quantitative estimate of drug-likeness (QED) is 0.641. The van der Waals surface area contributed by atoms with Crippen LogP contribution in [0.1, 0.15) is 6.92 Å². The Labute approximate surface area is 112 Å². The lowest BCUT2D eigenvalue weighted by atomic mass is 10.2. The minimum atomic E-state index is -0.411. The molecule has 6 heteroatoms. The smallest absolute Gasteiger partial charge is 0.269 e. The van der Waals surface area contributed by atoms with Crippen molar-refractivity contribution in [1.82, 2.24) is 10.2 Å². The van der Waals surface area contributed by atoms with Crippen LogP contribution in [0.2, 0.25) is 0 Å². The molecule has 1 saturated heterocycles. The minimum absolute atomic E-state index is 0.0864. The molecular formula is C13H19N3O3. The van der Waals surface area contributed by atoms with Crippen molar-refractivity contribution in [1.29, 1.82) is 0 Å². The third-order valence-electron chi connectivity index (χ3n) is 3.18. The number of rotatable bonds is 5. The molecule has 1 aliphatic rings. The summed E-state index contributed by atoms with van der Waals surface area (Å²) in [4.78, 5) is 12.5. The number of nitro groups is 1. The lowest BCUT2D eigenvalue weighted by molar-refractivity contribution is -0.384. The molecule has 1 aliphatic heterocycles. The molecule has 1 heterocycles. The predicted molar refractivity (Wildman–Crippen MR) is 72.5 cm³/mol. The van der Waals surface area contributed by atoms with Crippen molar-refractivity contribution >= 4 is 5.69 Å². The normalized spacial score (nSPS) is 20.2. The maximum absolute atomic E-state index is 10.5. The van der Waals surface area contributed by atoms with E-state index in [-0.39, 0.29) is 5.69 Å². The molecule has 0 aromatic heterocycles. The van der Waals surface area contributed by atoms with Crippen LogP contribution in [0.3, 0.4) is 0 Å². The van der Waals surface area contributed by atoms with Gasteiger partial charge in [0.05, 0.1) is 4.92 Å². The summed E-state index contributed by atoms with van der Waals surface area (Å²) in [7, 11) is 0. The molecule has 0 saturated carbocycles. The largest absolute Gasteiger partial charge is 0.492 e. The number of ether oxygens (including phenoxy) is 1. The van der Waals surface area contributed by atoms with Gasteiger partial charge >= 0.3 is 0 Å². The number of piperazine rings is 1. The van der Waals surface area contributed by atoms with Crippen LogP contribution in [0.15, 0.2) is 24.3 Å². The standard InChI is InChI=1S/C13H19N3O3/c1-11-10-15(7-6-14-11)8-9-19-13-4-2-12(3-5-13)16(17)18/h2-5,11,14H,6-10H2,1H3. The van der Waals surface area contributed by atoms with Crippen LogP contribution in [0.5, 0.6) is 5.75 Å². The summed E-state index contributed by atoms with van der Waals surface area (Å²) < 4.78 is 5.59. The SMILES string of the molecule is CC1CN(CCOc2ccc([N+](=O)[O-])cc2)CCN1. The Bertz CT molecular complexity index is 422. The second-order valence-electron chi connectivity index (χ2n) is 4.76. The van der Waals surface area contributed by atoms with E-state index in [2.05, 4.69) is 17.1 Å². The Morgan fingerprint density at radius 1 is 1.47 bits per heavy atom. The molecule has 1 fully saturated rings. The number of non-ortho nitro benzene ring substituents is 1. The Morgan fingerprint density at radius 2 is 2.21 bits per heavy atom. The third kappa shape index (κ3) is 4.18. The van der Waals surface area contributed by atoms with Crippen LogP contribution in [-0.4, -0.2) is 48.7 Å². The monoisotopic (exact) mass is 265 g/mol. The Hall–Kier alpha value is -1.66. The van der Waals surface area contributed by atoms with E-state index in [1.807, 2.05) is 0 Å². The van der Waals surface area contributed by atoms with Crippen LogP contribution in [0.4, 0.5) is 5.69 Å². The zero-order valence-corrected chi connectivity index (χ0v) is 11.0. The molecule has 1 unspecified atom stereocenters. The topological polar surface area (TPSA) is 67.6 Å². The molecule has 104 valence electrons. The average molecular weight is 265 g/mol. The number of hydrogen-bond donors (Lipinski definition) is 1. The molecule has 1 atom stereocenters. The van der Waals surface area contributed by atoms with E-state index in [0.717, 1.165) is 26.2 Å². The first-order chi connectivity index (χ1) is 9.15. The van der Waals surface area contributed by atoms with Crippen molar-refractivity contribution in [2.75, 3.05) is 32.8 Å². The number of hydrogen-bond acceptors (Lipinski definition) is 5. The number of benzene rings is 1. The van der Waals surface area contributed by atoms with Gasteiger partial charge in [0, 0.05) is 44.4 Å². The highest BCUT2D eigenvalue weighted by Gasteiger charge is 2.14. The van der Waals surface area contributed by atoms with E-state index in [0.29, 0.717) is 18.4 Å². The van der Waals surface area contributed by atoms with Gasteiger partial charge in [-0.3, -0.25) is 15.0 Å². The van der Waals surface area contributed by atoms with Crippen molar-refractivity contribution in [3.05, 3.63) is 34.4 Å². The van der Waals surface area contributed by atoms with Gasteiger partial charge in [0.2, 0.25) is 0 Å². The maximum Gasteiger partial charge on any atom is 0.269 e. The molecule has 0 amide bonds. The van der Waals surface area contributed by atoms with Crippen LogP contribution in [-0.2, 0) is 0 Å². The molecule has 19 heavy (non-hydrogen) atoms. The highest BCUT2D eigenvalue weighted by Crippen LogP contribution is 2.17. The first-order valence-electron chi connectivity index (χ1n) is 6.48. The first-order valence-corrected chi connectivity index (χ1v) is 6.48. The molecule has 0 radical (unpaired) electrons. The fraction of sp³-hybridized carbons (Fsp3) is 0.538.